The lowest BCUT2D eigenvalue weighted by atomic mass is 10.0. The molecule has 6 N–H and O–H groups in total. The smallest absolute Gasteiger partial charge is 0.408 e. The normalized spacial score (nSPS) is 13.6. The molecular formula is C42H70N6O12. The van der Waals surface area contributed by atoms with E-state index in [9.17, 15) is 38.7 Å². The predicted molar refractivity (Wildman–Crippen MR) is 223 cm³/mol. The summed E-state index contributed by atoms with van der Waals surface area (Å²) in [6.45, 7) is 15.8. The Morgan fingerprint density at radius 1 is 0.617 bits per heavy atom. The highest BCUT2D eigenvalue weighted by molar-refractivity contribution is 5.91. The fourth-order valence-corrected chi connectivity index (χ4v) is 5.40. The van der Waals surface area contributed by atoms with Crippen LogP contribution in [0.1, 0.15) is 119 Å². The fourth-order valence-electron chi connectivity index (χ4n) is 5.40. The Morgan fingerprint density at radius 3 is 1.63 bits per heavy atom. The quantitative estimate of drug-likeness (QED) is 0.0547. The van der Waals surface area contributed by atoms with Crippen LogP contribution in [0.15, 0.2) is 30.3 Å². The molecule has 18 heteroatoms. The highest BCUT2D eigenvalue weighted by Gasteiger charge is 2.34. The molecule has 0 bridgehead atoms. The third-order valence-electron chi connectivity index (χ3n) is 8.11. The van der Waals surface area contributed by atoms with Crippen LogP contribution >= 0.6 is 0 Å². The van der Waals surface area contributed by atoms with E-state index >= 15 is 0 Å². The van der Waals surface area contributed by atoms with Crippen molar-refractivity contribution < 1.29 is 57.6 Å². The van der Waals surface area contributed by atoms with Crippen LogP contribution in [0, 0.1) is 0 Å². The summed E-state index contributed by atoms with van der Waals surface area (Å²) in [5.74, 6) is -2.83. The molecule has 0 heterocycles. The van der Waals surface area contributed by atoms with Crippen molar-refractivity contribution in [1.29, 1.82) is 0 Å². The minimum atomic E-state index is -1.88. The summed E-state index contributed by atoms with van der Waals surface area (Å²) in [6, 6.07) is 5.19. The number of carbonyl (C=O) groups excluding carboxylic acids is 7. The van der Waals surface area contributed by atoms with Crippen molar-refractivity contribution in [3.8, 4) is 0 Å². The molecule has 0 saturated heterocycles. The van der Waals surface area contributed by atoms with E-state index in [-0.39, 0.29) is 45.4 Å². The zero-order chi connectivity index (χ0) is 45.7. The fraction of sp³-hybridized carbons (Fsp3) is 0.690. The van der Waals surface area contributed by atoms with Gasteiger partial charge in [0.25, 0.3) is 5.91 Å². The van der Waals surface area contributed by atoms with Gasteiger partial charge in [0.05, 0.1) is 6.04 Å². The van der Waals surface area contributed by atoms with E-state index in [2.05, 4.69) is 26.6 Å². The number of likely N-dealkylation sites (N-methyl/N-ethyl adjacent to an activating group) is 1. The third-order valence-corrected chi connectivity index (χ3v) is 8.11. The number of amides is 6. The van der Waals surface area contributed by atoms with Crippen molar-refractivity contribution in [1.82, 2.24) is 31.5 Å². The minimum absolute atomic E-state index is 0.0240. The average molecular weight is 851 g/mol. The van der Waals surface area contributed by atoms with Gasteiger partial charge in [-0.3, -0.25) is 19.2 Å². The van der Waals surface area contributed by atoms with Crippen LogP contribution in [0.25, 0.3) is 0 Å². The highest BCUT2D eigenvalue weighted by Crippen LogP contribution is 2.14. The van der Waals surface area contributed by atoms with Gasteiger partial charge in [-0.15, -0.1) is 0 Å². The second-order valence-electron chi connectivity index (χ2n) is 17.6. The van der Waals surface area contributed by atoms with Crippen LogP contribution in [-0.2, 0) is 44.7 Å². The van der Waals surface area contributed by atoms with Crippen molar-refractivity contribution >= 4 is 42.0 Å². The van der Waals surface area contributed by atoms with Gasteiger partial charge in [-0.25, -0.2) is 14.4 Å². The number of nitrogens with zero attached hydrogens (tertiary/aromatic N) is 1. The second-order valence-corrected chi connectivity index (χ2v) is 17.6. The molecule has 0 aliphatic heterocycles. The van der Waals surface area contributed by atoms with Gasteiger partial charge in [0.2, 0.25) is 11.8 Å². The Bertz CT molecular complexity index is 1540. The van der Waals surface area contributed by atoms with Gasteiger partial charge in [-0.05, 0) is 113 Å². The van der Waals surface area contributed by atoms with Crippen LogP contribution < -0.4 is 26.6 Å². The number of alkyl carbamates (subject to hydrolysis) is 3. The molecule has 1 aromatic rings. The maximum absolute atomic E-state index is 13.9. The van der Waals surface area contributed by atoms with Crippen molar-refractivity contribution in [2.24, 2.45) is 0 Å². The van der Waals surface area contributed by atoms with Crippen LogP contribution in [0.4, 0.5) is 14.4 Å². The molecule has 0 aliphatic rings. The van der Waals surface area contributed by atoms with Crippen LogP contribution in [-0.4, -0.2) is 120 Å². The molecule has 0 spiro atoms. The Morgan fingerprint density at radius 2 is 1.13 bits per heavy atom. The van der Waals surface area contributed by atoms with Crippen LogP contribution in [0.5, 0.6) is 0 Å². The number of rotatable bonds is 22. The Hall–Kier alpha value is -5.13. The summed E-state index contributed by atoms with van der Waals surface area (Å²) in [5.41, 5.74) is -1.48. The van der Waals surface area contributed by atoms with E-state index in [4.69, 9.17) is 18.9 Å². The number of hydrogen-bond donors (Lipinski definition) is 6. The number of ether oxygens (including phenoxy) is 4. The minimum Gasteiger partial charge on any atom is -0.460 e. The van der Waals surface area contributed by atoms with Crippen LogP contribution in [0.2, 0.25) is 0 Å². The third kappa shape index (κ3) is 24.7. The van der Waals surface area contributed by atoms with E-state index in [1.54, 1.807) is 92.6 Å². The van der Waals surface area contributed by atoms with Crippen molar-refractivity contribution in [3.63, 3.8) is 0 Å². The Kier molecular flexibility index (Phi) is 22.5. The number of aliphatic hydroxyl groups excluding tert-OH is 1. The summed E-state index contributed by atoms with van der Waals surface area (Å²) in [4.78, 5) is 91.7. The zero-order valence-corrected chi connectivity index (χ0v) is 37.4. The maximum atomic E-state index is 13.9. The number of benzene rings is 1. The predicted octanol–water partition coefficient (Wildman–Crippen LogP) is 4.21. The van der Waals surface area contributed by atoms with Gasteiger partial charge in [0, 0.05) is 33.6 Å². The molecular weight excluding hydrogens is 780 g/mol. The first-order valence-corrected chi connectivity index (χ1v) is 20.4. The number of esters is 1. The molecule has 0 fully saturated rings. The standard InChI is InChI=1S/C42H70N6O12/c1-40(2,3)58-32(49)24-23-30(47-39(56)57-27-28-19-13-12-14-20-28)34(51)45-29(21-15-17-25-43-37(54)59-41(4,5)6)33(50)35(52)46-31(36(53)48(10)11)22-16-18-26-44-38(55)60-42(7,8)9/h12-14,19-20,29-31,33,50H,15-18,21-27H2,1-11H3,(H,43,54)(H,44,55)(H,45,51)(H,46,52)(H,47,56)/t29-,30-,31-,33?/m0/s1. The van der Waals surface area contributed by atoms with Gasteiger partial charge < -0.3 is 55.5 Å². The number of aliphatic hydroxyl groups is 1. The zero-order valence-electron chi connectivity index (χ0n) is 37.4. The molecule has 1 aromatic carbocycles. The van der Waals surface area contributed by atoms with Gasteiger partial charge >= 0.3 is 24.2 Å². The molecule has 60 heavy (non-hydrogen) atoms. The summed E-state index contributed by atoms with van der Waals surface area (Å²) < 4.78 is 21.2. The highest BCUT2D eigenvalue weighted by atomic mass is 16.6. The summed E-state index contributed by atoms with van der Waals surface area (Å²) in [7, 11) is 3.04. The Labute approximate surface area is 354 Å². The van der Waals surface area contributed by atoms with E-state index in [0.717, 1.165) is 0 Å². The number of hydrogen-bond acceptors (Lipinski definition) is 12. The first-order chi connectivity index (χ1) is 27.8. The van der Waals surface area contributed by atoms with E-state index < -0.39 is 83.0 Å². The maximum Gasteiger partial charge on any atom is 0.408 e. The summed E-state index contributed by atoms with van der Waals surface area (Å²) >= 11 is 0. The Balaban J connectivity index is 3.22. The van der Waals surface area contributed by atoms with Gasteiger partial charge in [-0.2, -0.15) is 0 Å². The van der Waals surface area contributed by atoms with E-state index in [0.29, 0.717) is 31.2 Å². The summed E-state index contributed by atoms with van der Waals surface area (Å²) in [5, 5.41) is 24.5. The van der Waals surface area contributed by atoms with E-state index in [1.807, 2.05) is 0 Å². The first-order valence-electron chi connectivity index (χ1n) is 20.4. The largest absolute Gasteiger partial charge is 0.460 e. The average Bonchev–Trinajstić information content (AvgIpc) is 3.11. The lowest BCUT2D eigenvalue weighted by Crippen LogP contribution is -2.57. The van der Waals surface area contributed by atoms with Crippen molar-refractivity contribution in [2.75, 3.05) is 27.2 Å². The number of unbranched alkanes of at least 4 members (excludes halogenated alkanes) is 2. The second kappa shape index (κ2) is 25.5. The molecule has 0 aliphatic carbocycles. The monoisotopic (exact) mass is 851 g/mol. The first kappa shape index (κ1) is 52.9. The lowest BCUT2D eigenvalue weighted by molar-refractivity contribution is -0.155. The number of carbonyl (C=O) groups is 7. The van der Waals surface area contributed by atoms with Gasteiger partial charge in [0.15, 0.2) is 6.10 Å². The SMILES string of the molecule is CN(C)C(=O)[C@H](CCCCNC(=O)OC(C)(C)C)NC(=O)C(O)[C@H](CCCCNC(=O)OC(C)(C)C)NC(=O)[C@H](CCC(=O)OC(C)(C)C)NC(=O)OCc1ccccc1. The molecule has 1 rings (SSSR count). The molecule has 4 atom stereocenters. The molecule has 0 aromatic heterocycles. The molecule has 18 nitrogen and oxygen atoms in total. The van der Waals surface area contributed by atoms with Gasteiger partial charge in [0.1, 0.15) is 35.5 Å². The van der Waals surface area contributed by atoms with E-state index in [1.165, 1.54) is 19.0 Å². The van der Waals surface area contributed by atoms with Gasteiger partial charge in [-0.1, -0.05) is 30.3 Å². The van der Waals surface area contributed by atoms with Crippen molar-refractivity contribution in [3.05, 3.63) is 35.9 Å². The molecule has 1 unspecified atom stereocenters. The lowest BCUT2D eigenvalue weighted by Gasteiger charge is -2.28. The molecule has 0 saturated carbocycles. The number of nitrogens with one attached hydrogen (secondary N) is 5. The summed E-state index contributed by atoms with van der Waals surface area (Å²) in [6.07, 6.45) is -2.79. The molecule has 6 amide bonds. The molecule has 340 valence electrons. The molecule has 0 radical (unpaired) electrons. The van der Waals surface area contributed by atoms with Crippen molar-refractivity contribution in [2.45, 2.75) is 161 Å². The van der Waals surface area contributed by atoms with Crippen LogP contribution in [0.3, 0.4) is 0 Å². The topological polar surface area (TPSA) is 240 Å².